The Morgan fingerprint density at radius 1 is 1.12 bits per heavy atom. The van der Waals surface area contributed by atoms with Gasteiger partial charge in [0, 0.05) is 5.56 Å². The first kappa shape index (κ1) is 24.4. The van der Waals surface area contributed by atoms with Crippen LogP contribution >= 0.6 is 11.8 Å². The Kier molecular flexibility index (Phi) is 8.59. The molecule has 0 unspecified atom stereocenters. The van der Waals surface area contributed by atoms with Gasteiger partial charge in [-0.2, -0.15) is 11.8 Å². The molecule has 2 amide bonds. The molecule has 1 heterocycles. The average Bonchev–Trinajstić information content (AvgIpc) is 3.14. The highest BCUT2D eigenvalue weighted by molar-refractivity contribution is 7.97. The summed E-state index contributed by atoms with van der Waals surface area (Å²) in [5.41, 5.74) is 7.01. The Balaban J connectivity index is 1.62. The Bertz CT molecular complexity index is 1110. The minimum absolute atomic E-state index is 0.0443. The van der Waals surface area contributed by atoms with Gasteiger partial charge in [-0.05, 0) is 48.9 Å². The molecule has 9 heteroatoms. The molecule has 2 N–H and O–H groups in total. The number of para-hydroxylation sites is 2. The fourth-order valence-corrected chi connectivity index (χ4v) is 3.73. The van der Waals surface area contributed by atoms with Crippen LogP contribution in [0.15, 0.2) is 42.5 Å². The molecule has 0 fully saturated rings. The molecule has 3 rings (SSSR count). The third-order valence-electron chi connectivity index (χ3n) is 5.00. The van der Waals surface area contributed by atoms with Crippen LogP contribution in [-0.4, -0.2) is 41.3 Å². The number of aromatic nitrogens is 2. The summed E-state index contributed by atoms with van der Waals surface area (Å²) in [5, 5.41) is 0. The maximum absolute atomic E-state index is 12.6. The number of hydrazine groups is 1. The van der Waals surface area contributed by atoms with Gasteiger partial charge >= 0.3 is 0 Å². The molecule has 0 radical (unpaired) electrons. The van der Waals surface area contributed by atoms with E-state index in [1.54, 1.807) is 30.0 Å². The minimum atomic E-state index is -0.449. The van der Waals surface area contributed by atoms with Crippen LogP contribution in [0.4, 0.5) is 0 Å². The van der Waals surface area contributed by atoms with Crippen molar-refractivity contribution in [3.8, 4) is 11.5 Å². The molecule has 0 spiro atoms. The van der Waals surface area contributed by atoms with E-state index in [4.69, 9.17) is 9.47 Å². The first-order chi connectivity index (χ1) is 15.9. The van der Waals surface area contributed by atoms with Crippen LogP contribution in [-0.2, 0) is 17.1 Å². The lowest BCUT2D eigenvalue weighted by atomic mass is 10.1. The number of thioether (sulfide) groups is 1. The van der Waals surface area contributed by atoms with Gasteiger partial charge in [0.25, 0.3) is 11.8 Å². The van der Waals surface area contributed by atoms with Gasteiger partial charge in [0.15, 0.2) is 11.5 Å². The number of hydrogen-bond acceptors (Lipinski definition) is 6. The summed E-state index contributed by atoms with van der Waals surface area (Å²) in [6, 6.07) is 12.6. The SMILES string of the molecule is COc1cc(C(=O)NNC(=O)Cn2c(CSC)nc3ccccc32)ccc1OCCC(C)C. The lowest BCUT2D eigenvalue weighted by molar-refractivity contribution is -0.122. The van der Waals surface area contributed by atoms with Crippen molar-refractivity contribution in [3.63, 3.8) is 0 Å². The van der Waals surface area contributed by atoms with E-state index in [0.29, 0.717) is 35.3 Å². The van der Waals surface area contributed by atoms with Crippen molar-refractivity contribution >= 4 is 34.6 Å². The number of hydrogen-bond donors (Lipinski definition) is 2. The molecule has 8 nitrogen and oxygen atoms in total. The van der Waals surface area contributed by atoms with Gasteiger partial charge in [-0.15, -0.1) is 0 Å². The molecule has 0 aliphatic carbocycles. The summed E-state index contributed by atoms with van der Waals surface area (Å²) in [6.07, 6.45) is 2.90. The highest BCUT2D eigenvalue weighted by Crippen LogP contribution is 2.28. The summed E-state index contributed by atoms with van der Waals surface area (Å²) >= 11 is 1.63. The number of imidazole rings is 1. The number of nitrogens with one attached hydrogen (secondary N) is 2. The zero-order valence-corrected chi connectivity index (χ0v) is 20.2. The molecule has 0 saturated heterocycles. The molecule has 0 atom stereocenters. The summed E-state index contributed by atoms with van der Waals surface area (Å²) in [5.74, 6) is 2.26. The molecule has 33 heavy (non-hydrogen) atoms. The molecule has 0 bridgehead atoms. The van der Waals surface area contributed by atoms with Gasteiger partial charge < -0.3 is 14.0 Å². The summed E-state index contributed by atoms with van der Waals surface area (Å²) in [4.78, 5) is 29.7. The molecular weight excluding hydrogens is 440 g/mol. The fraction of sp³-hybridized carbons (Fsp3) is 0.375. The van der Waals surface area contributed by atoms with E-state index >= 15 is 0 Å². The molecule has 0 aliphatic heterocycles. The minimum Gasteiger partial charge on any atom is -0.493 e. The number of fused-ring (bicyclic) bond motifs is 1. The number of ether oxygens (including phenoxy) is 2. The van der Waals surface area contributed by atoms with Crippen molar-refractivity contribution < 1.29 is 19.1 Å². The van der Waals surface area contributed by atoms with Crippen molar-refractivity contribution in [3.05, 3.63) is 53.9 Å². The predicted octanol–water partition coefficient (Wildman–Crippen LogP) is 3.79. The van der Waals surface area contributed by atoms with Crippen LogP contribution in [0.3, 0.4) is 0 Å². The predicted molar refractivity (Wildman–Crippen MR) is 131 cm³/mol. The highest BCUT2D eigenvalue weighted by Gasteiger charge is 2.15. The summed E-state index contributed by atoms with van der Waals surface area (Å²) < 4.78 is 13.0. The Morgan fingerprint density at radius 2 is 1.91 bits per heavy atom. The van der Waals surface area contributed by atoms with Crippen LogP contribution in [0, 0.1) is 5.92 Å². The number of amides is 2. The monoisotopic (exact) mass is 470 g/mol. The highest BCUT2D eigenvalue weighted by atomic mass is 32.2. The van der Waals surface area contributed by atoms with Crippen molar-refractivity contribution in [1.29, 1.82) is 0 Å². The second kappa shape index (κ2) is 11.6. The maximum atomic E-state index is 12.6. The second-order valence-corrected chi connectivity index (χ2v) is 8.80. The second-order valence-electron chi connectivity index (χ2n) is 7.93. The van der Waals surface area contributed by atoms with Crippen LogP contribution in [0.2, 0.25) is 0 Å². The largest absolute Gasteiger partial charge is 0.493 e. The van der Waals surface area contributed by atoms with Crippen molar-refractivity contribution in [2.24, 2.45) is 5.92 Å². The van der Waals surface area contributed by atoms with E-state index < -0.39 is 5.91 Å². The van der Waals surface area contributed by atoms with Crippen LogP contribution in [0.5, 0.6) is 11.5 Å². The van der Waals surface area contributed by atoms with Gasteiger partial charge in [-0.1, -0.05) is 26.0 Å². The standard InChI is InChI=1S/C24H30N4O4S/c1-16(2)11-12-32-20-10-9-17(13-21(20)31-3)24(30)27-26-23(29)14-28-19-8-6-5-7-18(19)25-22(28)15-33-4/h5-10,13,16H,11-12,14-15H2,1-4H3,(H,26,29)(H,27,30). The number of benzene rings is 2. The van der Waals surface area contributed by atoms with Gasteiger partial charge in [-0.3, -0.25) is 20.4 Å². The van der Waals surface area contributed by atoms with Crippen LogP contribution in [0.1, 0.15) is 36.5 Å². The molecule has 0 aliphatic rings. The lowest BCUT2D eigenvalue weighted by Crippen LogP contribution is -2.43. The fourth-order valence-electron chi connectivity index (χ4n) is 3.26. The van der Waals surface area contributed by atoms with Crippen molar-refractivity contribution in [2.75, 3.05) is 20.0 Å². The van der Waals surface area contributed by atoms with Crippen LogP contribution in [0.25, 0.3) is 11.0 Å². The van der Waals surface area contributed by atoms with Crippen LogP contribution < -0.4 is 20.3 Å². The van der Waals surface area contributed by atoms with Gasteiger partial charge in [0.1, 0.15) is 12.4 Å². The average molecular weight is 471 g/mol. The Labute approximate surface area is 198 Å². The Morgan fingerprint density at radius 3 is 2.64 bits per heavy atom. The van der Waals surface area contributed by atoms with E-state index in [9.17, 15) is 9.59 Å². The first-order valence-electron chi connectivity index (χ1n) is 10.8. The van der Waals surface area contributed by atoms with Crippen molar-refractivity contribution in [2.45, 2.75) is 32.6 Å². The number of carbonyl (C=O) groups is 2. The third-order valence-corrected chi connectivity index (χ3v) is 5.55. The molecule has 0 saturated carbocycles. The molecular formula is C24H30N4O4S. The summed E-state index contributed by atoms with van der Waals surface area (Å²) in [6.45, 7) is 4.86. The molecule has 3 aromatic rings. The van der Waals surface area contributed by atoms with E-state index in [0.717, 1.165) is 23.3 Å². The van der Waals surface area contributed by atoms with E-state index in [-0.39, 0.29) is 12.5 Å². The zero-order chi connectivity index (χ0) is 23.8. The van der Waals surface area contributed by atoms with E-state index in [1.807, 2.05) is 35.1 Å². The number of carbonyl (C=O) groups excluding carboxylic acids is 2. The van der Waals surface area contributed by atoms with Gasteiger partial charge in [-0.25, -0.2) is 4.98 Å². The molecule has 176 valence electrons. The topological polar surface area (TPSA) is 94.5 Å². The maximum Gasteiger partial charge on any atom is 0.269 e. The zero-order valence-electron chi connectivity index (χ0n) is 19.4. The van der Waals surface area contributed by atoms with Gasteiger partial charge in [0.2, 0.25) is 0 Å². The number of nitrogens with zero attached hydrogens (tertiary/aromatic N) is 2. The molecule has 1 aromatic heterocycles. The van der Waals surface area contributed by atoms with Gasteiger partial charge in [0.05, 0.1) is 30.5 Å². The molecule has 2 aromatic carbocycles. The number of methoxy groups -OCH3 is 1. The third kappa shape index (κ3) is 6.41. The normalized spacial score (nSPS) is 10.9. The number of rotatable bonds is 10. The Hall–Kier alpha value is -3.20. The smallest absolute Gasteiger partial charge is 0.269 e. The van der Waals surface area contributed by atoms with E-state index in [2.05, 4.69) is 29.7 Å². The van der Waals surface area contributed by atoms with E-state index in [1.165, 1.54) is 7.11 Å². The quantitative estimate of drug-likeness (QED) is 0.438. The van der Waals surface area contributed by atoms with Crippen molar-refractivity contribution in [1.82, 2.24) is 20.4 Å². The first-order valence-corrected chi connectivity index (χ1v) is 12.2. The summed E-state index contributed by atoms with van der Waals surface area (Å²) in [7, 11) is 1.52. The lowest BCUT2D eigenvalue weighted by Gasteiger charge is -2.14.